The lowest BCUT2D eigenvalue weighted by Crippen LogP contribution is -2.36. The van der Waals surface area contributed by atoms with Crippen LogP contribution in [-0.4, -0.2) is 30.7 Å². The van der Waals surface area contributed by atoms with E-state index in [-0.39, 0.29) is 7.92 Å². The van der Waals surface area contributed by atoms with Gasteiger partial charge in [0.15, 0.2) is 0 Å². The quantitative estimate of drug-likeness (QED) is 0.709. The zero-order chi connectivity index (χ0) is 15.5. The van der Waals surface area contributed by atoms with Crippen molar-refractivity contribution in [2.75, 3.05) is 14.1 Å². The average Bonchev–Trinajstić information content (AvgIpc) is 3.20. The molecule has 4 atom stereocenters. The third-order valence-corrected chi connectivity index (χ3v) is 8.50. The van der Waals surface area contributed by atoms with Crippen LogP contribution in [0.2, 0.25) is 0 Å². The van der Waals surface area contributed by atoms with E-state index >= 15 is 0 Å². The van der Waals surface area contributed by atoms with Crippen LogP contribution in [0.3, 0.4) is 0 Å². The molecule has 118 valence electrons. The van der Waals surface area contributed by atoms with Gasteiger partial charge >= 0.3 is 0 Å². The molecule has 22 heavy (non-hydrogen) atoms. The molecule has 2 aliphatic carbocycles. The molecule has 1 saturated carbocycles. The number of nitrogens with zero attached hydrogens (tertiary/aromatic N) is 1. The van der Waals surface area contributed by atoms with Gasteiger partial charge in [-0.1, -0.05) is 55.0 Å². The fourth-order valence-electron chi connectivity index (χ4n) is 4.01. The molecule has 0 saturated heterocycles. The Morgan fingerprint density at radius 3 is 2.55 bits per heavy atom. The van der Waals surface area contributed by atoms with Gasteiger partial charge in [-0.25, -0.2) is 0 Å². The Morgan fingerprint density at radius 1 is 1.14 bits per heavy atom. The van der Waals surface area contributed by atoms with Crippen molar-refractivity contribution in [3.63, 3.8) is 0 Å². The average molecular weight is 313 g/mol. The molecule has 0 heterocycles. The van der Waals surface area contributed by atoms with E-state index < -0.39 is 0 Å². The third-order valence-electron chi connectivity index (χ3n) is 5.39. The molecular weight excluding hydrogens is 285 g/mol. The van der Waals surface area contributed by atoms with Gasteiger partial charge in [0.25, 0.3) is 0 Å². The van der Waals surface area contributed by atoms with Crippen molar-refractivity contribution in [1.82, 2.24) is 4.90 Å². The second-order valence-electron chi connectivity index (χ2n) is 6.86. The van der Waals surface area contributed by atoms with Crippen molar-refractivity contribution in [2.45, 2.75) is 44.3 Å². The molecule has 2 aliphatic rings. The zero-order valence-electron chi connectivity index (χ0n) is 14.1. The van der Waals surface area contributed by atoms with E-state index in [1.54, 1.807) is 10.6 Å². The summed E-state index contributed by atoms with van der Waals surface area (Å²) in [5.41, 5.74) is 0.848. The summed E-state index contributed by atoms with van der Waals surface area (Å²) < 4.78 is 0. The molecule has 0 aliphatic heterocycles. The van der Waals surface area contributed by atoms with Gasteiger partial charge in [-0.15, -0.1) is 0 Å². The molecule has 0 aromatic heterocycles. The molecule has 2 heteroatoms. The monoisotopic (exact) mass is 313 g/mol. The molecule has 2 unspecified atom stereocenters. The molecule has 1 nitrogen and oxygen atoms in total. The zero-order valence-corrected chi connectivity index (χ0v) is 15.0. The predicted molar refractivity (Wildman–Crippen MR) is 99.1 cm³/mol. The predicted octanol–water partition coefficient (Wildman–Crippen LogP) is 4.76. The minimum Gasteiger partial charge on any atom is -0.306 e. The Labute approximate surface area is 136 Å². The second-order valence-corrected chi connectivity index (χ2v) is 9.36. The number of hydrogen-bond acceptors (Lipinski definition) is 1. The van der Waals surface area contributed by atoms with Crippen LogP contribution in [0.15, 0.2) is 53.9 Å². The van der Waals surface area contributed by atoms with Crippen molar-refractivity contribution in [2.24, 2.45) is 5.92 Å². The number of allylic oxidation sites excluding steroid dienone is 4. The topological polar surface area (TPSA) is 3.24 Å². The maximum absolute atomic E-state index is 2.42. The van der Waals surface area contributed by atoms with Gasteiger partial charge < -0.3 is 4.90 Å². The van der Waals surface area contributed by atoms with Crippen molar-refractivity contribution in [3.8, 4) is 0 Å². The Balaban J connectivity index is 1.92. The molecule has 0 amide bonds. The highest BCUT2D eigenvalue weighted by Gasteiger charge is 2.39. The first kappa shape index (κ1) is 16.0. The van der Waals surface area contributed by atoms with Crippen LogP contribution in [0, 0.1) is 5.92 Å². The van der Waals surface area contributed by atoms with Gasteiger partial charge in [0.2, 0.25) is 0 Å². The van der Waals surface area contributed by atoms with Gasteiger partial charge in [-0.3, -0.25) is 0 Å². The van der Waals surface area contributed by atoms with Gasteiger partial charge in [0, 0.05) is 6.04 Å². The largest absolute Gasteiger partial charge is 0.306 e. The maximum Gasteiger partial charge on any atom is 0.00953 e. The van der Waals surface area contributed by atoms with Crippen LogP contribution in [-0.2, 0) is 0 Å². The SMILES string of the molecule is C[C@H](C1CCCC1[P@](C1=CC=CC1)c1ccccc1)N(C)C. The molecule has 1 aromatic rings. The first-order valence-electron chi connectivity index (χ1n) is 8.55. The van der Waals surface area contributed by atoms with E-state index in [9.17, 15) is 0 Å². The maximum atomic E-state index is 2.42. The fraction of sp³-hybridized carbons (Fsp3) is 0.500. The molecule has 1 aromatic carbocycles. The highest BCUT2D eigenvalue weighted by molar-refractivity contribution is 7.70. The van der Waals surface area contributed by atoms with Gasteiger partial charge in [-0.05, 0) is 70.4 Å². The summed E-state index contributed by atoms with van der Waals surface area (Å²) in [7, 11) is 4.29. The van der Waals surface area contributed by atoms with E-state index in [4.69, 9.17) is 0 Å². The molecule has 0 spiro atoms. The van der Waals surface area contributed by atoms with Crippen LogP contribution < -0.4 is 5.30 Å². The summed E-state index contributed by atoms with van der Waals surface area (Å²) in [6, 6.07) is 12.0. The summed E-state index contributed by atoms with van der Waals surface area (Å²) in [6.07, 6.45) is 12.4. The van der Waals surface area contributed by atoms with Crippen molar-refractivity contribution in [3.05, 3.63) is 53.9 Å². The van der Waals surface area contributed by atoms with Crippen LogP contribution in [0.4, 0.5) is 0 Å². The number of hydrogen-bond donors (Lipinski definition) is 0. The summed E-state index contributed by atoms with van der Waals surface area (Å²) >= 11 is 0. The Bertz CT molecular complexity index is 546. The third kappa shape index (κ3) is 3.21. The second kappa shape index (κ2) is 7.11. The Kier molecular flexibility index (Phi) is 5.16. The minimum absolute atomic E-state index is 0.183. The standard InChI is InChI=1S/C20H28NP/c1-16(21(2)3)19-14-9-15-20(19)22(18-12-7-8-13-18)17-10-5-4-6-11-17/h4-8,10-12,16,19-20H,9,13-15H2,1-3H3/t16-,19?,20?,22+/m1/s1. The smallest absolute Gasteiger partial charge is 0.00953 e. The van der Waals surface area contributed by atoms with Gasteiger partial charge in [0.1, 0.15) is 0 Å². The lowest BCUT2D eigenvalue weighted by atomic mass is 9.98. The summed E-state index contributed by atoms with van der Waals surface area (Å²) in [5.74, 6) is 0.836. The number of benzene rings is 1. The van der Waals surface area contributed by atoms with E-state index in [1.807, 2.05) is 0 Å². The van der Waals surface area contributed by atoms with E-state index in [2.05, 4.69) is 74.5 Å². The molecule has 3 rings (SSSR count). The highest BCUT2D eigenvalue weighted by Crippen LogP contribution is 2.58. The van der Waals surface area contributed by atoms with Crippen molar-refractivity contribution >= 4 is 13.2 Å². The molecule has 0 N–H and O–H groups in total. The minimum atomic E-state index is -0.183. The van der Waals surface area contributed by atoms with E-state index in [0.29, 0.717) is 6.04 Å². The lowest BCUT2D eigenvalue weighted by molar-refractivity contribution is 0.232. The Morgan fingerprint density at radius 2 is 1.91 bits per heavy atom. The normalized spacial score (nSPS) is 27.2. The first-order chi connectivity index (χ1) is 10.7. The lowest BCUT2D eigenvalue weighted by Gasteiger charge is -2.36. The molecule has 1 fully saturated rings. The fourth-order valence-corrected chi connectivity index (χ4v) is 7.41. The van der Waals surface area contributed by atoms with Gasteiger partial charge in [0.05, 0.1) is 0 Å². The summed E-state index contributed by atoms with van der Waals surface area (Å²) in [4.78, 5) is 2.42. The van der Waals surface area contributed by atoms with Crippen molar-refractivity contribution in [1.29, 1.82) is 0 Å². The molecular formula is C20H28NP. The van der Waals surface area contributed by atoms with Gasteiger partial charge in [-0.2, -0.15) is 0 Å². The molecule has 0 bridgehead atoms. The first-order valence-corrected chi connectivity index (χ1v) is 9.96. The summed E-state index contributed by atoms with van der Waals surface area (Å²) in [6.45, 7) is 2.42. The van der Waals surface area contributed by atoms with Crippen LogP contribution >= 0.6 is 7.92 Å². The van der Waals surface area contributed by atoms with E-state index in [1.165, 1.54) is 25.7 Å². The van der Waals surface area contributed by atoms with Crippen LogP contribution in [0.1, 0.15) is 32.6 Å². The van der Waals surface area contributed by atoms with E-state index in [0.717, 1.165) is 11.6 Å². The summed E-state index contributed by atoms with van der Waals surface area (Å²) in [5, 5.41) is 3.26. The van der Waals surface area contributed by atoms with Crippen molar-refractivity contribution < 1.29 is 0 Å². The molecule has 0 radical (unpaired) electrons. The van der Waals surface area contributed by atoms with Crippen LogP contribution in [0.25, 0.3) is 0 Å². The Hall–Kier alpha value is -0.910. The number of rotatable bonds is 5. The van der Waals surface area contributed by atoms with Crippen LogP contribution in [0.5, 0.6) is 0 Å². The highest BCUT2D eigenvalue weighted by atomic mass is 31.1.